The van der Waals surface area contributed by atoms with Crippen molar-refractivity contribution in [2.75, 3.05) is 0 Å². The van der Waals surface area contributed by atoms with Crippen molar-refractivity contribution < 1.29 is 21.3 Å². The normalized spacial score (nSPS) is 6.17. The molecule has 0 aromatic rings. The van der Waals surface area contributed by atoms with Crippen molar-refractivity contribution in [2.45, 2.75) is 19.8 Å². The number of aldehydes is 1. The molecule has 0 fully saturated rings. The van der Waals surface area contributed by atoms with E-state index in [2.05, 4.69) is 0 Å². The Hall–Kier alpha value is 0.164. The molecule has 2 heteroatoms. The van der Waals surface area contributed by atoms with Crippen LogP contribution in [0.2, 0.25) is 0 Å². The van der Waals surface area contributed by atoms with Crippen LogP contribution in [-0.2, 0) is 21.3 Å². The smallest absolute Gasteiger partial charge is 0.119 e. The number of hydrogen-bond acceptors (Lipinski definition) is 1. The second-order valence-corrected chi connectivity index (χ2v) is 0.955. The SMILES string of the molecule is CCCC=O.[Ni]. The summed E-state index contributed by atoms with van der Waals surface area (Å²) in [5.41, 5.74) is 0. The second kappa shape index (κ2) is 8.94. The van der Waals surface area contributed by atoms with E-state index in [9.17, 15) is 4.79 Å². The predicted octanol–water partition coefficient (Wildman–Crippen LogP) is 0.983. The third-order valence-electron chi connectivity index (χ3n) is 0.407. The standard InChI is InChI=1S/C4H8O.Ni/c1-2-3-4-5;/h4H,2-3H2,1H3;. The van der Waals surface area contributed by atoms with Crippen LogP contribution in [0.15, 0.2) is 0 Å². The number of hydrogen-bond donors (Lipinski definition) is 0. The van der Waals surface area contributed by atoms with Crippen molar-refractivity contribution in [1.29, 1.82) is 0 Å². The van der Waals surface area contributed by atoms with Crippen molar-refractivity contribution in [3.8, 4) is 0 Å². The first-order valence-electron chi connectivity index (χ1n) is 1.85. The van der Waals surface area contributed by atoms with Gasteiger partial charge in [-0.1, -0.05) is 6.92 Å². The molecule has 0 spiro atoms. The molecule has 0 aromatic carbocycles. The molecule has 0 heterocycles. The van der Waals surface area contributed by atoms with Gasteiger partial charge in [-0.2, -0.15) is 0 Å². The van der Waals surface area contributed by atoms with Crippen LogP contribution in [0.25, 0.3) is 0 Å². The maximum atomic E-state index is 9.40. The van der Waals surface area contributed by atoms with Gasteiger partial charge in [-0.05, 0) is 6.42 Å². The monoisotopic (exact) mass is 130 g/mol. The summed E-state index contributed by atoms with van der Waals surface area (Å²) >= 11 is 0. The topological polar surface area (TPSA) is 17.1 Å². The summed E-state index contributed by atoms with van der Waals surface area (Å²) in [5.74, 6) is 0. The van der Waals surface area contributed by atoms with Gasteiger partial charge in [-0.15, -0.1) is 0 Å². The van der Waals surface area contributed by atoms with E-state index in [0.717, 1.165) is 12.7 Å². The van der Waals surface area contributed by atoms with Crippen LogP contribution in [-0.4, -0.2) is 6.29 Å². The Morgan fingerprint density at radius 2 is 2.17 bits per heavy atom. The largest absolute Gasteiger partial charge is 0.303 e. The van der Waals surface area contributed by atoms with Gasteiger partial charge < -0.3 is 4.79 Å². The molecule has 0 radical (unpaired) electrons. The quantitative estimate of drug-likeness (QED) is 0.403. The molecule has 1 nitrogen and oxygen atoms in total. The van der Waals surface area contributed by atoms with Gasteiger partial charge in [0, 0.05) is 22.9 Å². The van der Waals surface area contributed by atoms with Gasteiger partial charge >= 0.3 is 0 Å². The Bertz CT molecular complexity index is 28.7. The number of rotatable bonds is 2. The summed E-state index contributed by atoms with van der Waals surface area (Å²) in [7, 11) is 0. The molecule has 0 rings (SSSR count). The van der Waals surface area contributed by atoms with Gasteiger partial charge in [-0.25, -0.2) is 0 Å². The molecule has 0 saturated carbocycles. The average Bonchev–Trinajstić information content (AvgIpc) is 1.41. The molecule has 0 aliphatic carbocycles. The Balaban J connectivity index is 0. The zero-order valence-electron chi connectivity index (χ0n) is 3.72. The van der Waals surface area contributed by atoms with E-state index in [-0.39, 0.29) is 16.5 Å². The third kappa shape index (κ3) is 8.90. The van der Waals surface area contributed by atoms with E-state index in [0.29, 0.717) is 6.42 Å². The number of unbranched alkanes of at least 4 members (excludes halogenated alkanes) is 1. The van der Waals surface area contributed by atoms with Crippen molar-refractivity contribution in [3.05, 3.63) is 0 Å². The molecular weight excluding hydrogens is 123 g/mol. The Kier molecular flexibility index (Phi) is 14.1. The number of carbonyl (C=O) groups is 1. The first-order valence-corrected chi connectivity index (χ1v) is 1.85. The Morgan fingerprint density at radius 3 is 2.17 bits per heavy atom. The van der Waals surface area contributed by atoms with E-state index < -0.39 is 0 Å². The molecule has 0 atom stereocenters. The minimum atomic E-state index is 0. The van der Waals surface area contributed by atoms with Crippen LogP contribution in [0.4, 0.5) is 0 Å². The van der Waals surface area contributed by atoms with Crippen molar-refractivity contribution in [1.82, 2.24) is 0 Å². The minimum absolute atomic E-state index is 0. The first-order chi connectivity index (χ1) is 2.41. The van der Waals surface area contributed by atoms with Crippen LogP contribution >= 0.6 is 0 Å². The molecule has 0 aliphatic rings. The van der Waals surface area contributed by atoms with E-state index in [1.165, 1.54) is 0 Å². The Labute approximate surface area is 48.0 Å². The van der Waals surface area contributed by atoms with Crippen LogP contribution in [0.3, 0.4) is 0 Å². The van der Waals surface area contributed by atoms with Gasteiger partial charge in [0.25, 0.3) is 0 Å². The second-order valence-electron chi connectivity index (χ2n) is 0.955. The molecule has 0 N–H and O–H groups in total. The molecule has 40 valence electrons. The fourth-order valence-corrected chi connectivity index (χ4v) is 0.118. The molecule has 0 aromatic heterocycles. The summed E-state index contributed by atoms with van der Waals surface area (Å²) in [4.78, 5) is 9.40. The van der Waals surface area contributed by atoms with Gasteiger partial charge in [0.2, 0.25) is 0 Å². The molecule has 0 aliphatic heterocycles. The van der Waals surface area contributed by atoms with Crippen molar-refractivity contribution in [3.63, 3.8) is 0 Å². The summed E-state index contributed by atoms with van der Waals surface area (Å²) in [6.45, 7) is 1.98. The maximum Gasteiger partial charge on any atom is 0.119 e. The average molecular weight is 131 g/mol. The van der Waals surface area contributed by atoms with E-state index in [1.807, 2.05) is 6.92 Å². The molecule has 0 bridgehead atoms. The molecule has 0 amide bonds. The van der Waals surface area contributed by atoms with Gasteiger partial charge in [0.15, 0.2) is 0 Å². The summed E-state index contributed by atoms with van der Waals surface area (Å²) in [6, 6.07) is 0. The molecule has 0 saturated heterocycles. The van der Waals surface area contributed by atoms with Crippen LogP contribution < -0.4 is 0 Å². The van der Waals surface area contributed by atoms with Gasteiger partial charge in [-0.3, -0.25) is 0 Å². The Morgan fingerprint density at radius 1 is 1.67 bits per heavy atom. The van der Waals surface area contributed by atoms with E-state index in [4.69, 9.17) is 0 Å². The summed E-state index contributed by atoms with van der Waals surface area (Å²) < 4.78 is 0. The molecule has 0 unspecified atom stereocenters. The zero-order valence-corrected chi connectivity index (χ0v) is 4.70. The van der Waals surface area contributed by atoms with Gasteiger partial charge in [0.05, 0.1) is 0 Å². The predicted molar refractivity (Wildman–Crippen MR) is 21.0 cm³/mol. The molecule has 6 heavy (non-hydrogen) atoms. The summed E-state index contributed by atoms with van der Waals surface area (Å²) in [6.07, 6.45) is 2.61. The summed E-state index contributed by atoms with van der Waals surface area (Å²) in [5, 5.41) is 0. The maximum absolute atomic E-state index is 9.40. The zero-order chi connectivity index (χ0) is 4.12. The van der Waals surface area contributed by atoms with Crippen molar-refractivity contribution in [2.24, 2.45) is 0 Å². The van der Waals surface area contributed by atoms with Crippen molar-refractivity contribution >= 4 is 6.29 Å². The fourth-order valence-electron chi connectivity index (χ4n) is 0.118. The van der Waals surface area contributed by atoms with Gasteiger partial charge in [0.1, 0.15) is 6.29 Å². The molecular formula is C4H8NiO. The minimum Gasteiger partial charge on any atom is -0.303 e. The van der Waals surface area contributed by atoms with E-state index in [1.54, 1.807) is 0 Å². The van der Waals surface area contributed by atoms with Crippen LogP contribution in [0.5, 0.6) is 0 Å². The van der Waals surface area contributed by atoms with E-state index >= 15 is 0 Å². The third-order valence-corrected chi connectivity index (χ3v) is 0.407. The van der Waals surface area contributed by atoms with Crippen LogP contribution in [0.1, 0.15) is 19.8 Å². The fraction of sp³-hybridized carbons (Fsp3) is 0.750. The first kappa shape index (κ1) is 9.48. The van der Waals surface area contributed by atoms with Crippen LogP contribution in [0, 0.1) is 0 Å². The number of carbonyl (C=O) groups excluding carboxylic acids is 1.